The van der Waals surface area contributed by atoms with Gasteiger partial charge in [-0.15, -0.1) is 0 Å². The third-order valence-corrected chi connectivity index (χ3v) is 3.16. The van der Waals surface area contributed by atoms with E-state index in [4.69, 9.17) is 0 Å². The fourth-order valence-corrected chi connectivity index (χ4v) is 2.22. The van der Waals surface area contributed by atoms with Gasteiger partial charge in [-0.05, 0) is 18.1 Å². The van der Waals surface area contributed by atoms with E-state index in [0.29, 0.717) is 0 Å². The standard InChI is InChI=1S/C13H11F6NO/c14-12(15,16)6-11(21)20-10-5-8(10)7-3-1-2-4-9(7)13(17,18)19/h1-4,8,10H,5-6H2,(H,20,21)/t8-,10+/m0/s1. The smallest absolute Gasteiger partial charge is 0.352 e. The Morgan fingerprint density at radius 2 is 1.76 bits per heavy atom. The second-order valence-corrected chi connectivity index (χ2v) is 4.89. The third kappa shape index (κ3) is 4.12. The molecular weight excluding hydrogens is 300 g/mol. The van der Waals surface area contributed by atoms with E-state index in [1.807, 2.05) is 0 Å². The molecule has 0 bridgehead atoms. The summed E-state index contributed by atoms with van der Waals surface area (Å²) < 4.78 is 74.5. The maximum absolute atomic E-state index is 12.8. The van der Waals surface area contributed by atoms with Crippen LogP contribution < -0.4 is 5.32 Å². The van der Waals surface area contributed by atoms with Gasteiger partial charge in [-0.2, -0.15) is 26.3 Å². The predicted octanol–water partition coefficient (Wildman–Crippen LogP) is 3.63. The van der Waals surface area contributed by atoms with Crippen molar-refractivity contribution in [3.05, 3.63) is 35.4 Å². The van der Waals surface area contributed by atoms with Crippen LogP contribution in [0.3, 0.4) is 0 Å². The van der Waals surface area contributed by atoms with Crippen molar-refractivity contribution in [3.8, 4) is 0 Å². The van der Waals surface area contributed by atoms with Crippen molar-refractivity contribution >= 4 is 5.91 Å². The number of hydrogen-bond acceptors (Lipinski definition) is 1. The maximum atomic E-state index is 12.8. The lowest BCUT2D eigenvalue weighted by Gasteiger charge is -2.13. The number of rotatable bonds is 3. The van der Waals surface area contributed by atoms with Crippen LogP contribution in [0.2, 0.25) is 0 Å². The van der Waals surface area contributed by atoms with Gasteiger partial charge >= 0.3 is 12.4 Å². The normalized spacial score (nSPS) is 22.0. The average molecular weight is 311 g/mol. The molecule has 0 spiro atoms. The number of benzene rings is 1. The molecule has 1 N–H and O–H groups in total. The van der Waals surface area contributed by atoms with Crippen LogP contribution >= 0.6 is 0 Å². The molecule has 0 unspecified atom stereocenters. The number of nitrogens with one attached hydrogen (secondary N) is 1. The molecule has 0 heterocycles. The molecule has 116 valence electrons. The van der Waals surface area contributed by atoms with Crippen molar-refractivity contribution in [1.29, 1.82) is 0 Å². The van der Waals surface area contributed by atoms with Gasteiger partial charge in [0.1, 0.15) is 6.42 Å². The molecule has 2 nitrogen and oxygen atoms in total. The van der Waals surface area contributed by atoms with Gasteiger partial charge in [-0.25, -0.2) is 0 Å². The zero-order valence-electron chi connectivity index (χ0n) is 10.6. The molecule has 1 saturated carbocycles. The predicted molar refractivity (Wildman–Crippen MR) is 61.4 cm³/mol. The highest BCUT2D eigenvalue weighted by Crippen LogP contribution is 2.46. The highest BCUT2D eigenvalue weighted by molar-refractivity contribution is 5.77. The van der Waals surface area contributed by atoms with Crippen LogP contribution in [0.4, 0.5) is 26.3 Å². The van der Waals surface area contributed by atoms with E-state index in [0.717, 1.165) is 6.07 Å². The first-order valence-corrected chi connectivity index (χ1v) is 6.10. The van der Waals surface area contributed by atoms with E-state index in [1.165, 1.54) is 18.2 Å². The fourth-order valence-electron chi connectivity index (χ4n) is 2.22. The lowest BCUT2D eigenvalue weighted by atomic mass is 10.0. The minimum atomic E-state index is -4.63. The molecule has 2 rings (SSSR count). The second-order valence-electron chi connectivity index (χ2n) is 4.89. The molecule has 1 amide bonds. The lowest BCUT2D eigenvalue weighted by Crippen LogP contribution is -2.31. The number of halogens is 6. The van der Waals surface area contributed by atoms with Crippen LogP contribution in [0.25, 0.3) is 0 Å². The summed E-state index contributed by atoms with van der Waals surface area (Å²) >= 11 is 0. The number of hydrogen-bond donors (Lipinski definition) is 1. The van der Waals surface area contributed by atoms with Crippen molar-refractivity contribution in [2.75, 3.05) is 0 Å². The Kier molecular flexibility index (Phi) is 3.90. The lowest BCUT2D eigenvalue weighted by molar-refractivity contribution is -0.153. The Morgan fingerprint density at radius 3 is 2.33 bits per heavy atom. The molecule has 1 aromatic rings. The summed E-state index contributed by atoms with van der Waals surface area (Å²) in [6.07, 6.45) is -10.6. The topological polar surface area (TPSA) is 29.1 Å². The molecule has 1 aliphatic rings. The number of alkyl halides is 6. The Hall–Kier alpha value is -1.73. The Morgan fingerprint density at radius 1 is 1.14 bits per heavy atom. The molecule has 8 heteroatoms. The van der Waals surface area contributed by atoms with E-state index in [1.54, 1.807) is 0 Å². The molecule has 0 saturated heterocycles. The molecule has 0 aromatic heterocycles. The molecule has 1 fully saturated rings. The van der Waals surface area contributed by atoms with Gasteiger partial charge in [0, 0.05) is 12.0 Å². The van der Waals surface area contributed by atoms with Crippen molar-refractivity contribution in [1.82, 2.24) is 5.32 Å². The van der Waals surface area contributed by atoms with Crippen LogP contribution in [-0.2, 0) is 11.0 Å². The summed E-state index contributed by atoms with van der Waals surface area (Å²) in [5.41, 5.74) is -0.815. The van der Waals surface area contributed by atoms with Crippen molar-refractivity contribution in [2.45, 2.75) is 37.2 Å². The van der Waals surface area contributed by atoms with E-state index in [2.05, 4.69) is 5.32 Å². The van der Waals surface area contributed by atoms with Crippen LogP contribution in [0.1, 0.15) is 29.9 Å². The van der Waals surface area contributed by atoms with Gasteiger partial charge in [0.05, 0.1) is 5.56 Å². The molecular formula is C13H11F6NO. The maximum Gasteiger partial charge on any atom is 0.416 e. The van der Waals surface area contributed by atoms with E-state index >= 15 is 0 Å². The number of carbonyl (C=O) groups excluding carboxylic acids is 1. The Labute approximate surface area is 116 Å². The molecule has 1 aromatic carbocycles. The molecule has 1 aliphatic carbocycles. The van der Waals surface area contributed by atoms with Crippen molar-refractivity contribution in [3.63, 3.8) is 0 Å². The second kappa shape index (κ2) is 5.23. The Balaban J connectivity index is 2.03. The summed E-state index contributed by atoms with van der Waals surface area (Å²) in [6.45, 7) is 0. The van der Waals surface area contributed by atoms with Gasteiger partial charge in [-0.3, -0.25) is 4.79 Å². The van der Waals surface area contributed by atoms with E-state index in [9.17, 15) is 31.1 Å². The molecule has 0 aliphatic heterocycles. The van der Waals surface area contributed by atoms with Crippen LogP contribution in [0.15, 0.2) is 24.3 Å². The summed E-state index contributed by atoms with van der Waals surface area (Å²) in [6, 6.07) is 4.19. The highest BCUT2D eigenvalue weighted by atomic mass is 19.4. The fraction of sp³-hybridized carbons (Fsp3) is 0.462. The Bertz CT molecular complexity index is 536. The van der Waals surface area contributed by atoms with Crippen LogP contribution in [-0.4, -0.2) is 18.1 Å². The van der Waals surface area contributed by atoms with Gasteiger partial charge in [0.2, 0.25) is 5.91 Å². The van der Waals surface area contributed by atoms with Gasteiger partial charge < -0.3 is 5.32 Å². The van der Waals surface area contributed by atoms with Crippen LogP contribution in [0.5, 0.6) is 0 Å². The highest BCUT2D eigenvalue weighted by Gasteiger charge is 2.45. The molecule has 0 radical (unpaired) electrons. The minimum Gasteiger partial charge on any atom is -0.352 e. The van der Waals surface area contributed by atoms with Crippen LogP contribution in [0, 0.1) is 0 Å². The summed E-state index contributed by atoms with van der Waals surface area (Å²) in [5.74, 6) is -1.82. The quantitative estimate of drug-likeness (QED) is 0.849. The monoisotopic (exact) mass is 311 g/mol. The molecule has 21 heavy (non-hydrogen) atoms. The summed E-state index contributed by atoms with van der Waals surface area (Å²) in [4.78, 5) is 11.1. The number of amides is 1. The first kappa shape index (κ1) is 15.7. The first-order valence-electron chi connectivity index (χ1n) is 6.10. The van der Waals surface area contributed by atoms with Gasteiger partial charge in [0.25, 0.3) is 0 Å². The zero-order chi connectivity index (χ0) is 15.8. The van der Waals surface area contributed by atoms with E-state index < -0.39 is 42.2 Å². The van der Waals surface area contributed by atoms with Gasteiger partial charge in [0.15, 0.2) is 0 Å². The van der Waals surface area contributed by atoms with Gasteiger partial charge in [-0.1, -0.05) is 18.2 Å². The SMILES string of the molecule is O=C(CC(F)(F)F)N[C@@H]1C[C@H]1c1ccccc1C(F)(F)F. The minimum absolute atomic E-state index is 0.00214. The molecule has 2 atom stereocenters. The summed E-state index contributed by atoms with van der Waals surface area (Å²) in [7, 11) is 0. The van der Waals surface area contributed by atoms with E-state index in [-0.39, 0.29) is 12.0 Å². The third-order valence-electron chi connectivity index (χ3n) is 3.16. The first-order chi connectivity index (χ1) is 9.58. The number of carbonyl (C=O) groups is 1. The zero-order valence-corrected chi connectivity index (χ0v) is 10.6. The van der Waals surface area contributed by atoms with Crippen molar-refractivity contribution < 1.29 is 31.1 Å². The average Bonchev–Trinajstić information content (AvgIpc) is 3.04. The largest absolute Gasteiger partial charge is 0.416 e. The summed E-state index contributed by atoms with van der Waals surface area (Å²) in [5, 5.41) is 2.11. The van der Waals surface area contributed by atoms with Crippen molar-refractivity contribution in [2.24, 2.45) is 0 Å².